The Morgan fingerprint density at radius 3 is 2.66 bits per heavy atom. The molecule has 0 aliphatic rings. The Morgan fingerprint density at radius 2 is 1.91 bits per heavy atom. The number of allylic oxidation sites excluding steroid dienone is 1. The third-order valence-corrected chi connectivity index (χ3v) is 5.69. The molecule has 1 amide bonds. The van der Waals surface area contributed by atoms with Gasteiger partial charge in [-0.2, -0.15) is 5.10 Å². The Bertz CT molecular complexity index is 1220. The van der Waals surface area contributed by atoms with Crippen LogP contribution in [-0.4, -0.2) is 32.6 Å². The highest BCUT2D eigenvalue weighted by Gasteiger charge is 2.17. The van der Waals surface area contributed by atoms with E-state index < -0.39 is 0 Å². The van der Waals surface area contributed by atoms with Crippen LogP contribution in [0.4, 0.5) is 0 Å². The molecule has 2 heterocycles. The summed E-state index contributed by atoms with van der Waals surface area (Å²) in [5, 5.41) is 13.2. The van der Waals surface area contributed by atoms with Gasteiger partial charge in [-0.15, -0.1) is 10.2 Å². The lowest BCUT2D eigenvalue weighted by molar-refractivity contribution is -0.118. The molecule has 0 atom stereocenters. The fraction of sp³-hybridized carbons (Fsp3) is 0.0435. The quantitative estimate of drug-likeness (QED) is 0.201. The van der Waals surface area contributed by atoms with Crippen molar-refractivity contribution in [1.29, 1.82) is 0 Å². The van der Waals surface area contributed by atoms with E-state index in [0.29, 0.717) is 16.7 Å². The highest BCUT2D eigenvalue weighted by atomic mass is 79.9. The number of carbonyl (C=O) groups excluding carboxylic acids is 1. The lowest BCUT2D eigenvalue weighted by Gasteiger charge is -2.10. The molecule has 0 bridgehead atoms. The molecule has 0 radical (unpaired) electrons. The normalized spacial score (nSPS) is 11.4. The van der Waals surface area contributed by atoms with E-state index in [1.807, 2.05) is 65.2 Å². The van der Waals surface area contributed by atoms with Gasteiger partial charge in [0.2, 0.25) is 0 Å². The van der Waals surface area contributed by atoms with E-state index in [0.717, 1.165) is 15.7 Å². The molecule has 9 heteroatoms. The third kappa shape index (κ3) is 5.63. The summed E-state index contributed by atoms with van der Waals surface area (Å²) in [4.78, 5) is 12.2. The zero-order valence-electron chi connectivity index (χ0n) is 16.8. The van der Waals surface area contributed by atoms with E-state index in [-0.39, 0.29) is 11.7 Å². The highest BCUT2D eigenvalue weighted by Crippen LogP contribution is 2.28. The monoisotopic (exact) mass is 507 g/mol. The number of aromatic nitrogens is 3. The summed E-state index contributed by atoms with van der Waals surface area (Å²) in [7, 11) is 0. The zero-order valence-corrected chi connectivity index (χ0v) is 19.2. The van der Waals surface area contributed by atoms with Crippen molar-refractivity contribution in [2.75, 3.05) is 5.75 Å². The first-order valence-corrected chi connectivity index (χ1v) is 11.4. The van der Waals surface area contributed by atoms with Crippen molar-refractivity contribution in [3.05, 3.63) is 89.3 Å². The summed E-state index contributed by atoms with van der Waals surface area (Å²) in [5.41, 5.74) is 4.34. The smallest absolute Gasteiger partial charge is 0.250 e. The molecule has 0 aliphatic heterocycles. The number of nitrogens with one attached hydrogen (secondary N) is 1. The number of rotatable bonds is 8. The molecule has 7 nitrogen and oxygen atoms in total. The SMILES string of the molecule is O=C(CSc1nnc(-c2ccc(Br)cc2)n1-c1ccccc1)N/N=C/C=C/c1ccco1. The fourth-order valence-corrected chi connectivity index (χ4v) is 3.81. The van der Waals surface area contributed by atoms with Gasteiger partial charge in [0.1, 0.15) is 5.76 Å². The van der Waals surface area contributed by atoms with Crippen molar-refractivity contribution in [2.45, 2.75) is 5.16 Å². The van der Waals surface area contributed by atoms with Gasteiger partial charge in [0.15, 0.2) is 11.0 Å². The first-order chi connectivity index (χ1) is 15.7. The molecule has 32 heavy (non-hydrogen) atoms. The topological polar surface area (TPSA) is 85.3 Å². The Balaban J connectivity index is 1.45. The van der Waals surface area contributed by atoms with Crippen LogP contribution in [0.25, 0.3) is 23.2 Å². The first kappa shape index (κ1) is 21.8. The molecule has 4 aromatic rings. The Kier molecular flexibility index (Phi) is 7.31. The van der Waals surface area contributed by atoms with Crippen LogP contribution in [0.15, 0.2) is 98.2 Å². The molecule has 160 valence electrons. The van der Waals surface area contributed by atoms with Gasteiger partial charge in [-0.05, 0) is 48.6 Å². The van der Waals surface area contributed by atoms with E-state index >= 15 is 0 Å². The van der Waals surface area contributed by atoms with E-state index in [2.05, 4.69) is 36.7 Å². The van der Waals surface area contributed by atoms with Crippen molar-refractivity contribution in [3.8, 4) is 17.1 Å². The first-order valence-electron chi connectivity index (χ1n) is 9.62. The Hall–Kier alpha value is -3.43. The van der Waals surface area contributed by atoms with Crippen LogP contribution in [0.5, 0.6) is 0 Å². The number of hydrogen-bond donors (Lipinski definition) is 1. The minimum absolute atomic E-state index is 0.143. The van der Waals surface area contributed by atoms with Crippen LogP contribution in [0.1, 0.15) is 5.76 Å². The lowest BCUT2D eigenvalue weighted by Crippen LogP contribution is -2.19. The van der Waals surface area contributed by atoms with Gasteiger partial charge in [0.05, 0.1) is 12.0 Å². The summed E-state index contributed by atoms with van der Waals surface area (Å²) < 4.78 is 8.10. The Labute approximate surface area is 197 Å². The molecule has 2 aromatic carbocycles. The second kappa shape index (κ2) is 10.7. The average molecular weight is 508 g/mol. The number of nitrogens with zero attached hydrogens (tertiary/aromatic N) is 4. The van der Waals surface area contributed by atoms with Crippen LogP contribution in [0, 0.1) is 0 Å². The number of thioether (sulfide) groups is 1. The molecule has 4 rings (SSSR count). The molecule has 1 N–H and O–H groups in total. The van der Waals surface area contributed by atoms with Gasteiger partial charge in [0.25, 0.3) is 5.91 Å². The van der Waals surface area contributed by atoms with E-state index in [4.69, 9.17) is 4.42 Å². The van der Waals surface area contributed by atoms with Crippen molar-refractivity contribution < 1.29 is 9.21 Å². The van der Waals surface area contributed by atoms with Crippen LogP contribution in [0.3, 0.4) is 0 Å². The van der Waals surface area contributed by atoms with Crippen molar-refractivity contribution in [1.82, 2.24) is 20.2 Å². The molecule has 2 aromatic heterocycles. The van der Waals surface area contributed by atoms with Crippen molar-refractivity contribution in [2.24, 2.45) is 5.10 Å². The number of para-hydroxylation sites is 1. The second-order valence-electron chi connectivity index (χ2n) is 6.46. The van der Waals surface area contributed by atoms with Gasteiger partial charge in [-0.3, -0.25) is 9.36 Å². The maximum atomic E-state index is 12.2. The summed E-state index contributed by atoms with van der Waals surface area (Å²) in [6.45, 7) is 0. The van der Waals surface area contributed by atoms with Crippen LogP contribution < -0.4 is 5.43 Å². The predicted molar refractivity (Wildman–Crippen MR) is 130 cm³/mol. The number of amides is 1. The fourth-order valence-electron chi connectivity index (χ4n) is 2.80. The summed E-state index contributed by atoms with van der Waals surface area (Å²) in [6, 6.07) is 21.3. The second-order valence-corrected chi connectivity index (χ2v) is 8.32. The maximum Gasteiger partial charge on any atom is 0.250 e. The molecule has 0 aliphatic carbocycles. The van der Waals surface area contributed by atoms with Gasteiger partial charge in [-0.25, -0.2) is 5.43 Å². The standard InChI is InChI=1S/C23H18BrN5O2S/c24-18-12-10-17(11-13-18)22-27-28-23(29(22)19-6-2-1-3-7-19)32-16-21(30)26-25-14-4-8-20-9-5-15-31-20/h1-15H,16H2,(H,26,30)/b8-4+,25-14+. The van der Waals surface area contributed by atoms with Gasteiger partial charge in [-0.1, -0.05) is 58.0 Å². The number of hydrogen-bond acceptors (Lipinski definition) is 6. The predicted octanol–water partition coefficient (Wildman–Crippen LogP) is 5.20. The molecule has 0 fully saturated rings. The Morgan fingerprint density at radius 1 is 1.09 bits per heavy atom. The van der Waals surface area contributed by atoms with Crippen molar-refractivity contribution >= 4 is 45.9 Å². The number of benzene rings is 2. The van der Waals surface area contributed by atoms with E-state index in [9.17, 15) is 4.79 Å². The minimum Gasteiger partial charge on any atom is -0.465 e. The summed E-state index contributed by atoms with van der Waals surface area (Å²) in [6.07, 6.45) is 6.51. The number of furan rings is 1. The van der Waals surface area contributed by atoms with Crippen LogP contribution in [-0.2, 0) is 4.79 Å². The van der Waals surface area contributed by atoms with Gasteiger partial charge < -0.3 is 4.42 Å². The largest absolute Gasteiger partial charge is 0.465 e. The summed E-state index contributed by atoms with van der Waals surface area (Å²) >= 11 is 4.75. The molecular formula is C23H18BrN5O2S. The van der Waals surface area contributed by atoms with Crippen molar-refractivity contribution in [3.63, 3.8) is 0 Å². The number of hydrazone groups is 1. The van der Waals surface area contributed by atoms with Gasteiger partial charge in [0, 0.05) is 21.9 Å². The molecule has 0 unspecified atom stereocenters. The molecular weight excluding hydrogens is 490 g/mol. The minimum atomic E-state index is -0.245. The van der Waals surface area contributed by atoms with Gasteiger partial charge >= 0.3 is 0 Å². The molecule has 0 saturated heterocycles. The van der Waals surface area contributed by atoms with E-state index in [1.165, 1.54) is 18.0 Å². The highest BCUT2D eigenvalue weighted by molar-refractivity contribution is 9.10. The third-order valence-electron chi connectivity index (χ3n) is 4.24. The zero-order chi connectivity index (χ0) is 22.2. The number of carbonyl (C=O) groups is 1. The van der Waals surface area contributed by atoms with Crippen LogP contribution in [0.2, 0.25) is 0 Å². The summed E-state index contributed by atoms with van der Waals surface area (Å²) in [5.74, 6) is 1.31. The average Bonchev–Trinajstić information content (AvgIpc) is 3.48. The lowest BCUT2D eigenvalue weighted by atomic mass is 10.2. The maximum absolute atomic E-state index is 12.2. The van der Waals surface area contributed by atoms with E-state index in [1.54, 1.807) is 24.5 Å². The number of halogens is 1. The molecule has 0 spiro atoms. The van der Waals surface area contributed by atoms with Crippen LogP contribution >= 0.6 is 27.7 Å². The molecule has 0 saturated carbocycles.